The molecule has 0 saturated heterocycles. The Morgan fingerprint density at radius 2 is 2.00 bits per heavy atom. The Labute approximate surface area is 119 Å². The van der Waals surface area contributed by atoms with Gasteiger partial charge in [0.1, 0.15) is 0 Å². The lowest BCUT2D eigenvalue weighted by atomic mass is 9.96. The van der Waals surface area contributed by atoms with Crippen LogP contribution in [0, 0.1) is 17.2 Å². The minimum atomic E-state index is -0.536. The number of hydrogen-bond acceptors (Lipinski definition) is 3. The third kappa shape index (κ3) is 3.00. The fraction of sp³-hybridized carbons (Fsp3) is 0.500. The minimum Gasteiger partial charge on any atom is -0.391 e. The van der Waals surface area contributed by atoms with Crippen molar-refractivity contribution in [1.29, 1.82) is 5.26 Å². The topological polar surface area (TPSA) is 73.1 Å². The Morgan fingerprint density at radius 3 is 2.45 bits per heavy atom. The highest BCUT2D eigenvalue weighted by Crippen LogP contribution is 2.47. The molecule has 0 radical (unpaired) electrons. The highest BCUT2D eigenvalue weighted by molar-refractivity contribution is 5.94. The van der Waals surface area contributed by atoms with Crippen molar-refractivity contribution in [2.75, 3.05) is 6.54 Å². The van der Waals surface area contributed by atoms with Gasteiger partial charge in [-0.15, -0.1) is 0 Å². The molecule has 20 heavy (non-hydrogen) atoms. The van der Waals surface area contributed by atoms with Crippen LogP contribution < -0.4 is 5.32 Å². The standard InChI is InChI=1S/C16H20N2O2/c1-11(2)14(19)9-18-15(20)12-3-5-13(6-4-12)16(10-17)7-8-16/h3-6,11,14,19H,7-9H2,1-2H3,(H,18,20). The van der Waals surface area contributed by atoms with E-state index in [0.29, 0.717) is 5.56 Å². The lowest BCUT2D eigenvalue weighted by molar-refractivity contribution is 0.0871. The van der Waals surface area contributed by atoms with Crippen LogP contribution in [-0.4, -0.2) is 23.7 Å². The zero-order chi connectivity index (χ0) is 14.8. The maximum atomic E-state index is 11.9. The molecule has 0 aromatic heterocycles. The minimum absolute atomic E-state index is 0.114. The van der Waals surface area contributed by atoms with E-state index < -0.39 is 6.10 Å². The molecule has 2 rings (SSSR count). The Kier molecular flexibility index (Phi) is 4.10. The third-order valence-corrected chi connectivity index (χ3v) is 3.90. The van der Waals surface area contributed by atoms with E-state index in [0.717, 1.165) is 18.4 Å². The molecule has 2 N–H and O–H groups in total. The van der Waals surface area contributed by atoms with E-state index in [9.17, 15) is 9.90 Å². The number of benzene rings is 1. The van der Waals surface area contributed by atoms with E-state index in [1.54, 1.807) is 12.1 Å². The first-order valence-corrected chi connectivity index (χ1v) is 6.96. The van der Waals surface area contributed by atoms with E-state index in [1.165, 1.54) is 0 Å². The molecule has 1 saturated carbocycles. The summed E-state index contributed by atoms with van der Waals surface area (Å²) in [6, 6.07) is 9.52. The molecule has 0 bridgehead atoms. The molecule has 0 spiro atoms. The predicted octanol–water partition coefficient (Wildman–Crippen LogP) is 1.99. The van der Waals surface area contributed by atoms with Crippen LogP contribution in [0.15, 0.2) is 24.3 Å². The van der Waals surface area contributed by atoms with Gasteiger partial charge in [0.15, 0.2) is 0 Å². The van der Waals surface area contributed by atoms with Crippen molar-refractivity contribution >= 4 is 5.91 Å². The maximum absolute atomic E-state index is 11.9. The normalized spacial score (nSPS) is 17.4. The number of nitrogens with zero attached hydrogens (tertiary/aromatic N) is 1. The second-order valence-corrected chi connectivity index (χ2v) is 5.79. The number of hydrogen-bond donors (Lipinski definition) is 2. The molecule has 1 unspecified atom stereocenters. The summed E-state index contributed by atoms with van der Waals surface area (Å²) in [4.78, 5) is 11.9. The molecular weight excluding hydrogens is 252 g/mol. The number of nitrogens with one attached hydrogen (secondary N) is 1. The van der Waals surface area contributed by atoms with Crippen molar-refractivity contribution in [2.45, 2.75) is 38.2 Å². The van der Waals surface area contributed by atoms with Crippen LogP contribution in [0.1, 0.15) is 42.6 Å². The SMILES string of the molecule is CC(C)C(O)CNC(=O)c1ccc(C2(C#N)CC2)cc1. The lowest BCUT2D eigenvalue weighted by Gasteiger charge is -2.15. The van der Waals surface area contributed by atoms with Crippen LogP contribution in [0.4, 0.5) is 0 Å². The maximum Gasteiger partial charge on any atom is 0.251 e. The van der Waals surface area contributed by atoms with Gasteiger partial charge in [0.25, 0.3) is 5.91 Å². The largest absolute Gasteiger partial charge is 0.391 e. The Balaban J connectivity index is 1.97. The third-order valence-electron chi connectivity index (χ3n) is 3.90. The highest BCUT2D eigenvalue weighted by Gasteiger charge is 2.44. The van der Waals surface area contributed by atoms with E-state index in [1.807, 2.05) is 26.0 Å². The molecule has 106 valence electrons. The average Bonchev–Trinajstić information content (AvgIpc) is 3.25. The van der Waals surface area contributed by atoms with Gasteiger partial charge in [0.05, 0.1) is 17.6 Å². The summed E-state index contributed by atoms with van der Waals surface area (Å²) in [6.07, 6.45) is 1.26. The molecule has 1 aromatic rings. The van der Waals surface area contributed by atoms with Gasteiger partial charge < -0.3 is 10.4 Å². The summed E-state index contributed by atoms with van der Waals surface area (Å²) < 4.78 is 0. The summed E-state index contributed by atoms with van der Waals surface area (Å²) in [5.41, 5.74) is 1.22. The van der Waals surface area contributed by atoms with Gasteiger partial charge in [-0.1, -0.05) is 26.0 Å². The number of nitriles is 1. The van der Waals surface area contributed by atoms with Crippen molar-refractivity contribution < 1.29 is 9.90 Å². The van der Waals surface area contributed by atoms with Gasteiger partial charge in [-0.05, 0) is 36.5 Å². The van der Waals surface area contributed by atoms with Crippen LogP contribution in [0.25, 0.3) is 0 Å². The second kappa shape index (κ2) is 5.64. The summed E-state index contributed by atoms with van der Waals surface area (Å²) in [5, 5.41) is 21.5. The highest BCUT2D eigenvalue weighted by atomic mass is 16.3. The first-order chi connectivity index (χ1) is 9.48. The summed E-state index contributed by atoms with van der Waals surface area (Å²) >= 11 is 0. The van der Waals surface area contributed by atoms with E-state index in [-0.39, 0.29) is 23.8 Å². The molecule has 1 fully saturated rings. The van der Waals surface area contributed by atoms with Crippen molar-refractivity contribution in [3.05, 3.63) is 35.4 Å². The number of amides is 1. The second-order valence-electron chi connectivity index (χ2n) is 5.79. The van der Waals surface area contributed by atoms with E-state index in [2.05, 4.69) is 11.4 Å². The number of carbonyl (C=O) groups excluding carboxylic acids is 1. The number of carbonyl (C=O) groups is 1. The summed E-state index contributed by atoms with van der Waals surface area (Å²) in [7, 11) is 0. The van der Waals surface area contributed by atoms with Crippen molar-refractivity contribution in [2.24, 2.45) is 5.92 Å². The first kappa shape index (κ1) is 14.5. The van der Waals surface area contributed by atoms with Gasteiger partial charge in [-0.25, -0.2) is 0 Å². The first-order valence-electron chi connectivity index (χ1n) is 6.96. The van der Waals surface area contributed by atoms with Crippen LogP contribution in [0.3, 0.4) is 0 Å². The Bertz CT molecular complexity index is 524. The van der Waals surface area contributed by atoms with Gasteiger partial charge >= 0.3 is 0 Å². The smallest absolute Gasteiger partial charge is 0.251 e. The van der Waals surface area contributed by atoms with Crippen molar-refractivity contribution in [3.8, 4) is 6.07 Å². The van der Waals surface area contributed by atoms with Crippen LogP contribution in [0.5, 0.6) is 0 Å². The lowest BCUT2D eigenvalue weighted by Crippen LogP contribution is -2.34. The quantitative estimate of drug-likeness (QED) is 0.861. The molecule has 4 heteroatoms. The van der Waals surface area contributed by atoms with Crippen LogP contribution in [0.2, 0.25) is 0 Å². The zero-order valence-electron chi connectivity index (χ0n) is 11.9. The Hall–Kier alpha value is -1.86. The fourth-order valence-corrected chi connectivity index (χ4v) is 2.07. The molecule has 4 nitrogen and oxygen atoms in total. The molecule has 1 amide bonds. The summed E-state index contributed by atoms with van der Waals surface area (Å²) in [5.74, 6) is -0.0823. The number of aliphatic hydroxyl groups is 1. The molecule has 1 atom stereocenters. The monoisotopic (exact) mass is 272 g/mol. The van der Waals surface area contributed by atoms with Gasteiger partial charge in [-0.3, -0.25) is 4.79 Å². The molecule has 1 aromatic carbocycles. The van der Waals surface area contributed by atoms with Gasteiger partial charge in [0.2, 0.25) is 0 Å². The number of aliphatic hydroxyl groups excluding tert-OH is 1. The Morgan fingerprint density at radius 1 is 1.40 bits per heavy atom. The molecule has 1 aliphatic carbocycles. The van der Waals surface area contributed by atoms with Gasteiger partial charge in [0, 0.05) is 12.1 Å². The fourth-order valence-electron chi connectivity index (χ4n) is 2.07. The van der Waals surface area contributed by atoms with E-state index in [4.69, 9.17) is 5.26 Å². The van der Waals surface area contributed by atoms with Crippen molar-refractivity contribution in [1.82, 2.24) is 5.32 Å². The predicted molar refractivity (Wildman–Crippen MR) is 76.1 cm³/mol. The van der Waals surface area contributed by atoms with Crippen LogP contribution >= 0.6 is 0 Å². The molecule has 0 aliphatic heterocycles. The average molecular weight is 272 g/mol. The molecule has 0 heterocycles. The molecular formula is C16H20N2O2. The van der Waals surface area contributed by atoms with Gasteiger partial charge in [-0.2, -0.15) is 5.26 Å². The molecule has 1 aliphatic rings. The zero-order valence-corrected chi connectivity index (χ0v) is 11.9. The van der Waals surface area contributed by atoms with E-state index >= 15 is 0 Å². The van der Waals surface area contributed by atoms with Crippen molar-refractivity contribution in [3.63, 3.8) is 0 Å². The number of rotatable bonds is 5. The summed E-state index contributed by atoms with van der Waals surface area (Å²) in [6.45, 7) is 4.06. The van der Waals surface area contributed by atoms with Crippen LogP contribution in [-0.2, 0) is 5.41 Å².